The van der Waals surface area contributed by atoms with E-state index >= 15 is 0 Å². The number of ether oxygens (including phenoxy) is 1. The molecule has 1 atom stereocenters. The fourth-order valence-electron chi connectivity index (χ4n) is 2.82. The lowest BCUT2D eigenvalue weighted by Gasteiger charge is -2.11. The summed E-state index contributed by atoms with van der Waals surface area (Å²) in [6.45, 7) is 0.955. The van der Waals surface area contributed by atoms with Gasteiger partial charge in [-0.1, -0.05) is 24.3 Å². The number of halogens is 1. The van der Waals surface area contributed by atoms with E-state index in [9.17, 15) is 4.39 Å². The van der Waals surface area contributed by atoms with Gasteiger partial charge in [-0.2, -0.15) is 0 Å². The Morgan fingerprint density at radius 3 is 2.77 bits per heavy atom. The number of hydrogen-bond donors (Lipinski definition) is 1. The van der Waals surface area contributed by atoms with Gasteiger partial charge in [-0.3, -0.25) is 5.32 Å². The molecule has 1 aliphatic rings. The zero-order valence-corrected chi connectivity index (χ0v) is 12.0. The number of nitrogens with zero attached hydrogens (tertiary/aromatic N) is 2. The van der Waals surface area contributed by atoms with E-state index in [2.05, 4.69) is 10.4 Å². The van der Waals surface area contributed by atoms with Gasteiger partial charge in [0.25, 0.3) is 0 Å². The van der Waals surface area contributed by atoms with E-state index in [4.69, 9.17) is 4.74 Å². The Kier molecular flexibility index (Phi) is 3.27. The highest BCUT2D eigenvalue weighted by atomic mass is 19.1. The molecule has 112 valence electrons. The van der Waals surface area contributed by atoms with Crippen molar-refractivity contribution in [2.45, 2.75) is 19.1 Å². The number of nitrogens with one attached hydrogen (secondary N) is 1. The third-order valence-corrected chi connectivity index (χ3v) is 3.90. The SMILES string of the molecule is Fc1ccccc1-n1nc(OC2CCCN2)c2ccccc21. The lowest BCUT2D eigenvalue weighted by atomic mass is 10.2. The summed E-state index contributed by atoms with van der Waals surface area (Å²) in [7, 11) is 0. The minimum atomic E-state index is -0.304. The second-order valence-corrected chi connectivity index (χ2v) is 5.39. The van der Waals surface area contributed by atoms with Gasteiger partial charge in [0.05, 0.1) is 10.9 Å². The Morgan fingerprint density at radius 1 is 1.14 bits per heavy atom. The van der Waals surface area contributed by atoms with Crippen molar-refractivity contribution in [2.24, 2.45) is 0 Å². The van der Waals surface area contributed by atoms with E-state index in [1.54, 1.807) is 22.9 Å². The quantitative estimate of drug-likeness (QED) is 0.806. The van der Waals surface area contributed by atoms with Gasteiger partial charge in [0, 0.05) is 0 Å². The van der Waals surface area contributed by atoms with Crippen LogP contribution in [0, 0.1) is 5.82 Å². The molecule has 22 heavy (non-hydrogen) atoms. The molecule has 2 aromatic carbocycles. The number of hydrogen-bond acceptors (Lipinski definition) is 3. The van der Waals surface area contributed by atoms with E-state index in [0.29, 0.717) is 11.6 Å². The maximum absolute atomic E-state index is 14.1. The summed E-state index contributed by atoms with van der Waals surface area (Å²) in [5.41, 5.74) is 1.26. The molecule has 1 fully saturated rings. The van der Waals surface area contributed by atoms with Crippen molar-refractivity contribution in [3.05, 3.63) is 54.3 Å². The first-order valence-corrected chi connectivity index (χ1v) is 7.45. The number of benzene rings is 2. The van der Waals surface area contributed by atoms with Gasteiger partial charge in [0.15, 0.2) is 6.23 Å². The molecule has 0 radical (unpaired) electrons. The first-order valence-electron chi connectivity index (χ1n) is 7.45. The fraction of sp³-hybridized carbons (Fsp3) is 0.235. The van der Waals surface area contributed by atoms with Gasteiger partial charge in [-0.25, -0.2) is 9.07 Å². The van der Waals surface area contributed by atoms with Crippen LogP contribution in [0.25, 0.3) is 16.6 Å². The molecule has 3 aromatic rings. The van der Waals surface area contributed by atoms with Crippen LogP contribution in [0.15, 0.2) is 48.5 Å². The van der Waals surface area contributed by atoms with E-state index < -0.39 is 0 Å². The zero-order valence-electron chi connectivity index (χ0n) is 12.0. The van der Waals surface area contributed by atoms with E-state index in [1.807, 2.05) is 24.3 Å². The summed E-state index contributed by atoms with van der Waals surface area (Å²) >= 11 is 0. The van der Waals surface area contributed by atoms with Crippen molar-refractivity contribution in [1.82, 2.24) is 15.1 Å². The summed E-state index contributed by atoms with van der Waals surface area (Å²) in [6.07, 6.45) is 2.03. The van der Waals surface area contributed by atoms with Crippen molar-refractivity contribution >= 4 is 10.9 Å². The molecular weight excluding hydrogens is 281 g/mol. The van der Waals surface area contributed by atoms with Crippen LogP contribution in [-0.4, -0.2) is 22.6 Å². The van der Waals surface area contributed by atoms with Crippen molar-refractivity contribution < 1.29 is 9.13 Å². The normalized spacial score (nSPS) is 18.0. The Bertz CT molecular complexity index is 809. The van der Waals surface area contributed by atoms with Crippen LogP contribution in [-0.2, 0) is 0 Å². The average molecular weight is 297 g/mol. The highest BCUT2D eigenvalue weighted by Gasteiger charge is 2.20. The molecule has 0 amide bonds. The van der Waals surface area contributed by atoms with Crippen LogP contribution < -0.4 is 10.1 Å². The van der Waals surface area contributed by atoms with Crippen LogP contribution in [0.5, 0.6) is 5.88 Å². The first kappa shape index (κ1) is 13.3. The van der Waals surface area contributed by atoms with Gasteiger partial charge in [0.1, 0.15) is 11.5 Å². The molecule has 0 spiro atoms. The minimum absolute atomic E-state index is 0.0209. The van der Waals surface area contributed by atoms with Gasteiger partial charge >= 0.3 is 0 Å². The fourth-order valence-corrected chi connectivity index (χ4v) is 2.82. The molecule has 5 heteroatoms. The molecule has 1 N–H and O–H groups in total. The lowest BCUT2D eigenvalue weighted by molar-refractivity contribution is 0.181. The molecule has 4 rings (SSSR count). The van der Waals surface area contributed by atoms with Crippen LogP contribution >= 0.6 is 0 Å². The number of para-hydroxylation sites is 2. The smallest absolute Gasteiger partial charge is 0.242 e. The largest absolute Gasteiger partial charge is 0.457 e. The third kappa shape index (κ3) is 2.23. The Labute approximate surface area is 127 Å². The average Bonchev–Trinajstić information content (AvgIpc) is 3.17. The summed E-state index contributed by atoms with van der Waals surface area (Å²) in [4.78, 5) is 0. The van der Waals surface area contributed by atoms with E-state index in [0.717, 1.165) is 30.3 Å². The monoisotopic (exact) mass is 297 g/mol. The molecule has 1 aromatic heterocycles. The van der Waals surface area contributed by atoms with Crippen molar-refractivity contribution in [2.75, 3.05) is 6.54 Å². The lowest BCUT2D eigenvalue weighted by Crippen LogP contribution is -2.27. The minimum Gasteiger partial charge on any atom is -0.457 e. The maximum Gasteiger partial charge on any atom is 0.242 e. The summed E-state index contributed by atoms with van der Waals surface area (Å²) < 4.78 is 21.7. The molecule has 1 aliphatic heterocycles. The molecule has 1 unspecified atom stereocenters. The number of rotatable bonds is 3. The number of aromatic nitrogens is 2. The summed E-state index contributed by atoms with van der Waals surface area (Å²) in [6, 6.07) is 14.3. The molecule has 0 bridgehead atoms. The second kappa shape index (κ2) is 5.42. The molecule has 4 nitrogen and oxygen atoms in total. The topological polar surface area (TPSA) is 39.1 Å². The highest BCUT2D eigenvalue weighted by Crippen LogP contribution is 2.29. The Morgan fingerprint density at radius 2 is 1.95 bits per heavy atom. The van der Waals surface area contributed by atoms with Crippen LogP contribution in [0.4, 0.5) is 4.39 Å². The predicted molar refractivity (Wildman–Crippen MR) is 82.7 cm³/mol. The van der Waals surface area contributed by atoms with Crippen LogP contribution in [0.1, 0.15) is 12.8 Å². The highest BCUT2D eigenvalue weighted by molar-refractivity contribution is 5.86. The van der Waals surface area contributed by atoms with E-state index in [1.165, 1.54) is 6.07 Å². The third-order valence-electron chi connectivity index (χ3n) is 3.90. The summed E-state index contributed by atoms with van der Waals surface area (Å²) in [5, 5.41) is 8.67. The Hall–Kier alpha value is -2.40. The molecule has 0 aliphatic carbocycles. The summed E-state index contributed by atoms with van der Waals surface area (Å²) in [5.74, 6) is 0.236. The zero-order chi connectivity index (χ0) is 14.9. The van der Waals surface area contributed by atoms with Gasteiger partial charge in [-0.05, 0) is 43.7 Å². The molecule has 0 saturated carbocycles. The van der Waals surface area contributed by atoms with Crippen molar-refractivity contribution in [1.29, 1.82) is 0 Å². The van der Waals surface area contributed by atoms with Crippen LogP contribution in [0.3, 0.4) is 0 Å². The molecule has 2 heterocycles. The number of fused-ring (bicyclic) bond motifs is 1. The predicted octanol–water partition coefficient (Wildman–Crippen LogP) is 3.25. The second-order valence-electron chi connectivity index (χ2n) is 5.39. The molecule has 1 saturated heterocycles. The molecular formula is C17H16FN3O. The standard InChI is InChI=1S/C17H16FN3O/c18-13-7-2-4-9-15(13)21-14-8-3-1-6-12(14)17(20-21)22-16-10-5-11-19-16/h1-4,6-9,16,19H,5,10-11H2. The maximum atomic E-state index is 14.1. The van der Waals surface area contributed by atoms with Gasteiger partial charge in [-0.15, -0.1) is 5.10 Å². The van der Waals surface area contributed by atoms with Crippen molar-refractivity contribution in [3.8, 4) is 11.6 Å². The van der Waals surface area contributed by atoms with E-state index in [-0.39, 0.29) is 12.0 Å². The van der Waals surface area contributed by atoms with Crippen molar-refractivity contribution in [3.63, 3.8) is 0 Å². The first-order chi connectivity index (χ1) is 10.8. The van der Waals surface area contributed by atoms with Gasteiger partial charge < -0.3 is 4.74 Å². The van der Waals surface area contributed by atoms with Crippen LogP contribution in [0.2, 0.25) is 0 Å². The van der Waals surface area contributed by atoms with Gasteiger partial charge in [0.2, 0.25) is 5.88 Å². The Balaban J connectivity index is 1.83.